The summed E-state index contributed by atoms with van der Waals surface area (Å²) in [5.41, 5.74) is 3.21. The summed E-state index contributed by atoms with van der Waals surface area (Å²) in [6, 6.07) is 10.9. The van der Waals surface area contributed by atoms with Gasteiger partial charge in [0.25, 0.3) is 11.1 Å². The summed E-state index contributed by atoms with van der Waals surface area (Å²) < 4.78 is 18.3. The zero-order chi connectivity index (χ0) is 20.8. The number of anilines is 1. The van der Waals surface area contributed by atoms with Crippen LogP contribution in [0.2, 0.25) is 0 Å². The number of nitrogens with one attached hydrogen (secondary N) is 2. The van der Waals surface area contributed by atoms with Crippen LogP contribution in [0, 0.1) is 19.7 Å². The minimum absolute atomic E-state index is 0.0262. The Balaban J connectivity index is 1.47. The molecule has 0 aliphatic heterocycles. The zero-order valence-corrected chi connectivity index (χ0v) is 16.7. The zero-order valence-electron chi connectivity index (χ0n) is 15.9. The molecule has 0 bridgehead atoms. The van der Waals surface area contributed by atoms with E-state index in [0.717, 1.165) is 28.6 Å². The summed E-state index contributed by atoms with van der Waals surface area (Å²) in [4.78, 5) is 24.1. The summed E-state index contributed by atoms with van der Waals surface area (Å²) in [6.07, 6.45) is 0. The second-order valence-corrected chi connectivity index (χ2v) is 7.16. The molecule has 2 N–H and O–H groups in total. The van der Waals surface area contributed by atoms with Crippen LogP contribution in [0.25, 0.3) is 0 Å². The van der Waals surface area contributed by atoms with Gasteiger partial charge in [-0.3, -0.25) is 9.59 Å². The largest absolute Gasteiger partial charge is 0.414 e. The van der Waals surface area contributed by atoms with Crippen molar-refractivity contribution in [3.63, 3.8) is 0 Å². The van der Waals surface area contributed by atoms with Crippen molar-refractivity contribution in [3.05, 3.63) is 70.9 Å². The first-order valence-corrected chi connectivity index (χ1v) is 9.76. The van der Waals surface area contributed by atoms with E-state index in [1.54, 1.807) is 0 Å². The normalized spacial score (nSPS) is 10.6. The lowest BCUT2D eigenvalue weighted by molar-refractivity contribution is -0.113. The van der Waals surface area contributed by atoms with Gasteiger partial charge in [0, 0.05) is 11.3 Å². The van der Waals surface area contributed by atoms with Gasteiger partial charge in [0.1, 0.15) is 5.82 Å². The van der Waals surface area contributed by atoms with Crippen LogP contribution in [0.4, 0.5) is 10.1 Å². The number of amides is 2. The van der Waals surface area contributed by atoms with Gasteiger partial charge in [0.05, 0.1) is 12.3 Å². The molecule has 150 valence electrons. The maximum absolute atomic E-state index is 12.9. The first-order chi connectivity index (χ1) is 13.9. The first kappa shape index (κ1) is 20.5. The quantitative estimate of drug-likeness (QED) is 0.575. The summed E-state index contributed by atoms with van der Waals surface area (Å²) in [5, 5.41) is 13.4. The smallest absolute Gasteiger partial charge is 0.277 e. The molecule has 3 rings (SSSR count). The Morgan fingerprint density at radius 2 is 1.86 bits per heavy atom. The number of thioether (sulfide) groups is 1. The van der Waals surface area contributed by atoms with Crippen molar-refractivity contribution in [1.29, 1.82) is 0 Å². The maximum Gasteiger partial charge on any atom is 0.277 e. The molecule has 2 aromatic carbocycles. The molecule has 9 heteroatoms. The van der Waals surface area contributed by atoms with Gasteiger partial charge in [-0.05, 0) is 55.3 Å². The Hall–Kier alpha value is -3.20. The molecular weight excluding hydrogens is 395 g/mol. The second kappa shape index (κ2) is 9.33. The van der Waals surface area contributed by atoms with Crippen molar-refractivity contribution in [2.24, 2.45) is 0 Å². The Labute approximate surface area is 171 Å². The predicted octanol–water partition coefficient (Wildman–Crippen LogP) is 3.49. The summed E-state index contributed by atoms with van der Waals surface area (Å²) in [6.45, 7) is 3.95. The molecule has 7 nitrogen and oxygen atoms in total. The van der Waals surface area contributed by atoms with E-state index >= 15 is 0 Å². The first-order valence-electron chi connectivity index (χ1n) is 8.77. The molecule has 0 aliphatic carbocycles. The highest BCUT2D eigenvalue weighted by molar-refractivity contribution is 7.99. The van der Waals surface area contributed by atoms with Crippen LogP contribution in [0.15, 0.2) is 52.1 Å². The molecule has 0 saturated carbocycles. The number of rotatable bonds is 7. The third-order valence-corrected chi connectivity index (χ3v) is 4.98. The Bertz CT molecular complexity index is 1020. The molecule has 2 amide bonds. The third-order valence-electron chi connectivity index (χ3n) is 4.16. The van der Waals surface area contributed by atoms with Crippen molar-refractivity contribution < 1.29 is 18.4 Å². The van der Waals surface area contributed by atoms with E-state index in [1.807, 2.05) is 32.0 Å². The van der Waals surface area contributed by atoms with Crippen LogP contribution in [-0.4, -0.2) is 27.8 Å². The molecule has 3 aromatic rings. The number of aromatic nitrogens is 2. The lowest BCUT2D eigenvalue weighted by Crippen LogP contribution is -2.22. The van der Waals surface area contributed by atoms with E-state index in [0.29, 0.717) is 5.56 Å². The summed E-state index contributed by atoms with van der Waals surface area (Å²) in [7, 11) is 0. The number of hydrogen-bond acceptors (Lipinski definition) is 6. The van der Waals surface area contributed by atoms with E-state index < -0.39 is 5.82 Å². The Kier molecular flexibility index (Phi) is 6.61. The fraction of sp³-hybridized carbons (Fsp3) is 0.200. The van der Waals surface area contributed by atoms with Crippen molar-refractivity contribution in [2.45, 2.75) is 25.6 Å². The minimum atomic E-state index is -0.415. The summed E-state index contributed by atoms with van der Waals surface area (Å²) >= 11 is 1.10. The van der Waals surface area contributed by atoms with Crippen LogP contribution >= 0.6 is 11.8 Å². The molecule has 0 unspecified atom stereocenters. The Morgan fingerprint density at radius 3 is 2.62 bits per heavy atom. The number of nitrogens with zero attached hydrogens (tertiary/aromatic N) is 2. The van der Waals surface area contributed by atoms with Gasteiger partial charge in [0.15, 0.2) is 0 Å². The average Bonchev–Trinajstić information content (AvgIpc) is 3.16. The minimum Gasteiger partial charge on any atom is -0.414 e. The van der Waals surface area contributed by atoms with Crippen LogP contribution < -0.4 is 10.6 Å². The highest BCUT2D eigenvalue weighted by atomic mass is 32.2. The predicted molar refractivity (Wildman–Crippen MR) is 107 cm³/mol. The van der Waals surface area contributed by atoms with Crippen molar-refractivity contribution >= 4 is 29.3 Å². The topological polar surface area (TPSA) is 97.1 Å². The lowest BCUT2D eigenvalue weighted by Gasteiger charge is -2.09. The van der Waals surface area contributed by atoms with Gasteiger partial charge >= 0.3 is 0 Å². The second-order valence-electron chi connectivity index (χ2n) is 6.24. The van der Waals surface area contributed by atoms with E-state index in [4.69, 9.17) is 4.42 Å². The highest BCUT2D eigenvalue weighted by Crippen LogP contribution is 2.20. The molecule has 29 heavy (non-hydrogen) atoms. The van der Waals surface area contributed by atoms with Gasteiger partial charge in [-0.2, -0.15) is 0 Å². The number of benzene rings is 2. The van der Waals surface area contributed by atoms with E-state index in [-0.39, 0.29) is 35.2 Å². The van der Waals surface area contributed by atoms with E-state index in [1.165, 1.54) is 24.3 Å². The average molecular weight is 414 g/mol. The van der Waals surface area contributed by atoms with Gasteiger partial charge in [-0.1, -0.05) is 23.9 Å². The number of hydrogen-bond donors (Lipinski definition) is 2. The van der Waals surface area contributed by atoms with Gasteiger partial charge in [0.2, 0.25) is 11.8 Å². The fourth-order valence-electron chi connectivity index (χ4n) is 2.43. The molecule has 0 saturated heterocycles. The van der Waals surface area contributed by atoms with Crippen LogP contribution in [-0.2, 0) is 11.3 Å². The van der Waals surface area contributed by atoms with Crippen LogP contribution in [0.3, 0.4) is 0 Å². The van der Waals surface area contributed by atoms with Crippen LogP contribution in [0.1, 0.15) is 27.4 Å². The summed E-state index contributed by atoms with van der Waals surface area (Å²) in [5.74, 6) is -0.672. The van der Waals surface area contributed by atoms with Crippen LogP contribution in [0.5, 0.6) is 0 Å². The SMILES string of the molecule is Cc1cccc(NC(=O)CSc2nnc(CNC(=O)c3ccc(F)cc3)o2)c1C. The number of aryl methyl sites for hydroxylation is 1. The molecule has 1 aromatic heterocycles. The molecule has 0 radical (unpaired) electrons. The third kappa shape index (κ3) is 5.64. The van der Waals surface area contributed by atoms with Crippen molar-refractivity contribution in [1.82, 2.24) is 15.5 Å². The highest BCUT2D eigenvalue weighted by Gasteiger charge is 2.12. The number of halogens is 1. The van der Waals surface area contributed by atoms with Crippen molar-refractivity contribution in [2.75, 3.05) is 11.1 Å². The molecule has 0 fully saturated rings. The monoisotopic (exact) mass is 414 g/mol. The maximum atomic E-state index is 12.9. The number of carbonyl (C=O) groups is 2. The van der Waals surface area contributed by atoms with Crippen molar-refractivity contribution in [3.8, 4) is 0 Å². The molecule has 1 heterocycles. The number of carbonyl (C=O) groups excluding carboxylic acids is 2. The standard InChI is InChI=1S/C20H19FN4O3S/c1-12-4-3-5-16(13(12)2)23-17(26)11-29-20-25-24-18(28-20)10-22-19(27)14-6-8-15(21)9-7-14/h3-9H,10-11H2,1-2H3,(H,22,27)(H,23,26). The Morgan fingerprint density at radius 1 is 1.10 bits per heavy atom. The van der Waals surface area contributed by atoms with Gasteiger partial charge < -0.3 is 15.1 Å². The fourth-order valence-corrected chi connectivity index (χ4v) is 3.01. The van der Waals surface area contributed by atoms with Gasteiger partial charge in [-0.15, -0.1) is 10.2 Å². The molecule has 0 atom stereocenters. The lowest BCUT2D eigenvalue weighted by atomic mass is 10.1. The molecule has 0 spiro atoms. The van der Waals surface area contributed by atoms with E-state index in [9.17, 15) is 14.0 Å². The van der Waals surface area contributed by atoms with E-state index in [2.05, 4.69) is 20.8 Å². The molecular formula is C20H19FN4O3S. The molecule has 0 aliphatic rings. The van der Waals surface area contributed by atoms with Gasteiger partial charge in [-0.25, -0.2) is 4.39 Å².